The first kappa shape index (κ1) is 11.4. The highest BCUT2D eigenvalue weighted by Gasteiger charge is 2.11. The molecule has 0 amide bonds. The molecule has 0 radical (unpaired) electrons. The zero-order valence-corrected chi connectivity index (χ0v) is 9.99. The first-order valence-corrected chi connectivity index (χ1v) is 5.46. The molecule has 0 fully saturated rings. The molecule has 2 aromatic rings. The molecular formula is C15H14O2. The Balaban J connectivity index is 2.69. The summed E-state index contributed by atoms with van der Waals surface area (Å²) in [7, 11) is 0. The molecular weight excluding hydrogens is 212 g/mol. The fraction of sp³-hybridized carbons (Fsp3) is 0.133. The Morgan fingerprint density at radius 3 is 2.71 bits per heavy atom. The number of ether oxygens (including phenoxy) is 1. The quantitative estimate of drug-likeness (QED) is 0.444. The summed E-state index contributed by atoms with van der Waals surface area (Å²) in [5, 5.41) is 2.02. The van der Waals surface area contributed by atoms with Gasteiger partial charge in [-0.15, -0.1) is 0 Å². The lowest BCUT2D eigenvalue weighted by atomic mass is 10.0. The number of benzene rings is 2. The van der Waals surface area contributed by atoms with Crippen molar-refractivity contribution in [2.75, 3.05) is 0 Å². The second-order valence-electron chi connectivity index (χ2n) is 3.99. The number of hydrogen-bond donors (Lipinski definition) is 0. The lowest BCUT2D eigenvalue weighted by Gasteiger charge is -2.12. The van der Waals surface area contributed by atoms with Gasteiger partial charge in [0.25, 0.3) is 0 Å². The van der Waals surface area contributed by atoms with Gasteiger partial charge >= 0.3 is 5.97 Å². The topological polar surface area (TPSA) is 26.3 Å². The van der Waals surface area contributed by atoms with E-state index in [1.165, 1.54) is 6.08 Å². The molecule has 2 heteroatoms. The van der Waals surface area contributed by atoms with Crippen LogP contribution in [0.3, 0.4) is 0 Å². The van der Waals surface area contributed by atoms with Gasteiger partial charge in [0.05, 0.1) is 0 Å². The van der Waals surface area contributed by atoms with E-state index in [1.54, 1.807) is 0 Å². The molecule has 2 rings (SSSR count). The molecule has 0 saturated heterocycles. The highest BCUT2D eigenvalue weighted by atomic mass is 16.5. The third-order valence-corrected chi connectivity index (χ3v) is 2.88. The van der Waals surface area contributed by atoms with E-state index in [1.807, 2.05) is 38.1 Å². The predicted molar refractivity (Wildman–Crippen MR) is 69.3 cm³/mol. The molecule has 0 unspecified atom stereocenters. The Kier molecular flexibility index (Phi) is 2.96. The molecule has 0 aliphatic rings. The van der Waals surface area contributed by atoms with E-state index in [-0.39, 0.29) is 0 Å². The molecule has 0 heterocycles. The molecule has 17 heavy (non-hydrogen) atoms. The van der Waals surface area contributed by atoms with E-state index in [2.05, 4.69) is 12.6 Å². The predicted octanol–water partition coefficient (Wildman–Crippen LogP) is 3.55. The van der Waals surface area contributed by atoms with Gasteiger partial charge in [-0.3, -0.25) is 0 Å². The highest BCUT2D eigenvalue weighted by Crippen LogP contribution is 2.32. The maximum absolute atomic E-state index is 11.3. The first-order chi connectivity index (χ1) is 8.13. The van der Waals surface area contributed by atoms with Gasteiger partial charge in [-0.1, -0.05) is 36.9 Å². The summed E-state index contributed by atoms with van der Waals surface area (Å²) in [5.41, 5.74) is 2.09. The second kappa shape index (κ2) is 4.42. The number of fused-ring (bicyclic) bond motifs is 1. The number of hydrogen-bond acceptors (Lipinski definition) is 2. The molecule has 0 N–H and O–H groups in total. The van der Waals surface area contributed by atoms with Crippen molar-refractivity contribution in [3.8, 4) is 5.75 Å². The zero-order valence-electron chi connectivity index (χ0n) is 9.99. The van der Waals surface area contributed by atoms with Crippen LogP contribution in [0, 0.1) is 13.8 Å². The monoisotopic (exact) mass is 226 g/mol. The average Bonchev–Trinajstić information content (AvgIpc) is 2.34. The standard InChI is InChI=1S/C15H14O2/c1-4-14(16)17-15-11(3)10(2)9-12-7-5-6-8-13(12)15/h4-9H,1H2,2-3H3. The third-order valence-electron chi connectivity index (χ3n) is 2.88. The fourth-order valence-electron chi connectivity index (χ4n) is 1.83. The smallest absolute Gasteiger partial charge is 0.335 e. The van der Waals surface area contributed by atoms with E-state index < -0.39 is 5.97 Å². The molecule has 2 nitrogen and oxygen atoms in total. The van der Waals surface area contributed by atoms with E-state index in [0.717, 1.165) is 21.9 Å². The lowest BCUT2D eigenvalue weighted by Crippen LogP contribution is -2.05. The van der Waals surface area contributed by atoms with Crippen molar-refractivity contribution in [3.05, 3.63) is 54.1 Å². The number of aryl methyl sites for hydroxylation is 1. The number of esters is 1. The Hall–Kier alpha value is -2.09. The molecule has 0 aromatic heterocycles. The Morgan fingerprint density at radius 2 is 2.00 bits per heavy atom. The van der Waals surface area contributed by atoms with E-state index >= 15 is 0 Å². The lowest BCUT2D eigenvalue weighted by molar-refractivity contribution is -0.128. The van der Waals surface area contributed by atoms with Crippen molar-refractivity contribution >= 4 is 16.7 Å². The summed E-state index contributed by atoms with van der Waals surface area (Å²) in [6.45, 7) is 7.37. The van der Waals surface area contributed by atoms with Crippen molar-refractivity contribution < 1.29 is 9.53 Å². The van der Waals surface area contributed by atoms with Crippen LogP contribution in [0.1, 0.15) is 11.1 Å². The highest BCUT2D eigenvalue weighted by molar-refractivity contribution is 5.94. The number of carbonyl (C=O) groups is 1. The van der Waals surface area contributed by atoms with Crippen molar-refractivity contribution in [3.63, 3.8) is 0 Å². The van der Waals surface area contributed by atoms with Crippen molar-refractivity contribution in [1.82, 2.24) is 0 Å². The zero-order chi connectivity index (χ0) is 12.4. The molecule has 0 aliphatic heterocycles. The summed E-state index contributed by atoms with van der Waals surface area (Å²) in [6.07, 6.45) is 1.18. The normalized spacial score (nSPS) is 10.2. The van der Waals surface area contributed by atoms with Crippen LogP contribution in [0.25, 0.3) is 10.8 Å². The maximum atomic E-state index is 11.3. The molecule has 0 atom stereocenters. The molecule has 2 aromatic carbocycles. The minimum Gasteiger partial charge on any atom is -0.422 e. The number of carbonyl (C=O) groups excluding carboxylic acids is 1. The summed E-state index contributed by atoms with van der Waals surface area (Å²) in [4.78, 5) is 11.3. The van der Waals surface area contributed by atoms with Crippen LogP contribution < -0.4 is 4.74 Å². The fourth-order valence-corrected chi connectivity index (χ4v) is 1.83. The second-order valence-corrected chi connectivity index (χ2v) is 3.99. The summed E-state index contributed by atoms with van der Waals surface area (Å²) in [6, 6.07) is 9.95. The summed E-state index contributed by atoms with van der Waals surface area (Å²) < 4.78 is 5.33. The number of rotatable bonds is 2. The molecule has 0 aliphatic carbocycles. The van der Waals surface area contributed by atoms with Gasteiger partial charge in [0, 0.05) is 11.5 Å². The Labute approximate surface area is 101 Å². The minimum absolute atomic E-state index is 0.427. The molecule has 0 spiro atoms. The van der Waals surface area contributed by atoms with Gasteiger partial charge in [-0.2, -0.15) is 0 Å². The third kappa shape index (κ3) is 2.07. The minimum atomic E-state index is -0.427. The van der Waals surface area contributed by atoms with E-state index in [0.29, 0.717) is 5.75 Å². The first-order valence-electron chi connectivity index (χ1n) is 5.46. The maximum Gasteiger partial charge on any atom is 0.335 e. The van der Waals surface area contributed by atoms with Gasteiger partial charge in [0.15, 0.2) is 0 Å². The Morgan fingerprint density at radius 1 is 1.29 bits per heavy atom. The van der Waals surface area contributed by atoms with Crippen LogP contribution in [0.5, 0.6) is 5.75 Å². The van der Waals surface area contributed by atoms with Gasteiger partial charge in [-0.05, 0) is 30.4 Å². The largest absolute Gasteiger partial charge is 0.422 e. The molecule has 0 bridgehead atoms. The summed E-state index contributed by atoms with van der Waals surface area (Å²) in [5.74, 6) is 0.203. The molecule has 0 saturated carbocycles. The van der Waals surface area contributed by atoms with Crippen molar-refractivity contribution in [2.45, 2.75) is 13.8 Å². The van der Waals surface area contributed by atoms with Gasteiger partial charge in [0.1, 0.15) is 5.75 Å². The Bertz CT molecular complexity index is 597. The van der Waals surface area contributed by atoms with Crippen LogP contribution in [-0.4, -0.2) is 5.97 Å². The van der Waals surface area contributed by atoms with E-state index in [9.17, 15) is 4.79 Å². The van der Waals surface area contributed by atoms with Crippen LogP contribution in [0.2, 0.25) is 0 Å². The molecule has 86 valence electrons. The SMILES string of the molecule is C=CC(=O)Oc1c(C)c(C)cc2ccccc12. The van der Waals surface area contributed by atoms with Crippen LogP contribution in [0.4, 0.5) is 0 Å². The van der Waals surface area contributed by atoms with Gasteiger partial charge in [0.2, 0.25) is 0 Å². The van der Waals surface area contributed by atoms with Crippen molar-refractivity contribution in [2.24, 2.45) is 0 Å². The van der Waals surface area contributed by atoms with Crippen LogP contribution >= 0.6 is 0 Å². The van der Waals surface area contributed by atoms with Crippen LogP contribution in [0.15, 0.2) is 43.0 Å². The van der Waals surface area contributed by atoms with E-state index in [4.69, 9.17) is 4.74 Å². The van der Waals surface area contributed by atoms with Crippen LogP contribution in [-0.2, 0) is 4.79 Å². The van der Waals surface area contributed by atoms with Gasteiger partial charge < -0.3 is 4.74 Å². The summed E-state index contributed by atoms with van der Waals surface area (Å²) >= 11 is 0. The van der Waals surface area contributed by atoms with Gasteiger partial charge in [-0.25, -0.2) is 4.79 Å². The average molecular weight is 226 g/mol. The van der Waals surface area contributed by atoms with Crippen molar-refractivity contribution in [1.29, 1.82) is 0 Å².